The van der Waals surface area contributed by atoms with Gasteiger partial charge in [0.15, 0.2) is 17.3 Å². The van der Waals surface area contributed by atoms with Crippen LogP contribution in [-0.2, 0) is 18.5 Å². The first-order valence-corrected chi connectivity index (χ1v) is 11.1. The van der Waals surface area contributed by atoms with E-state index in [0.29, 0.717) is 36.4 Å². The molecule has 3 aromatic carbocycles. The zero-order valence-corrected chi connectivity index (χ0v) is 19.3. The molecular formula is C27H15F9O3. The highest BCUT2D eigenvalue weighted by Crippen LogP contribution is 2.52. The molecule has 4 rings (SSSR count). The summed E-state index contributed by atoms with van der Waals surface area (Å²) in [5.74, 6) is -8.02. The molecule has 0 heterocycles. The fourth-order valence-corrected chi connectivity index (χ4v) is 4.41. The normalized spacial score (nSPS) is 19.5. The summed E-state index contributed by atoms with van der Waals surface area (Å²) in [6.45, 7) is 0. The molecule has 0 unspecified atom stereocenters. The monoisotopic (exact) mass is 558 g/mol. The zero-order chi connectivity index (χ0) is 28.9. The minimum absolute atomic E-state index is 0.498. The molecule has 1 saturated carbocycles. The van der Waals surface area contributed by atoms with Gasteiger partial charge in [-0.2, -0.15) is 39.5 Å². The Bertz CT molecular complexity index is 1270. The lowest BCUT2D eigenvalue weighted by Crippen LogP contribution is -2.12. The van der Waals surface area contributed by atoms with Crippen molar-refractivity contribution >= 4 is 17.3 Å². The number of carbonyl (C=O) groups is 3. The standard InChI is InChI=1S/C27H15F9O3/c28-25(29,30)16-7-1-4-13(10-16)22(37)19-20(23(38)14-5-2-8-17(11-14)26(31,32)33)21(19)24(39)15-6-3-9-18(12-15)27(34,35)36/h1-12,19-21H. The summed E-state index contributed by atoms with van der Waals surface area (Å²) in [4.78, 5) is 39.6. The van der Waals surface area contributed by atoms with Crippen LogP contribution in [0.1, 0.15) is 47.8 Å². The van der Waals surface area contributed by atoms with E-state index in [1.165, 1.54) is 0 Å². The van der Waals surface area contributed by atoms with Crippen LogP contribution in [0.5, 0.6) is 0 Å². The third kappa shape index (κ3) is 5.74. The Labute approximate surface area is 214 Å². The largest absolute Gasteiger partial charge is 0.416 e. The molecule has 39 heavy (non-hydrogen) atoms. The summed E-state index contributed by atoms with van der Waals surface area (Å²) >= 11 is 0. The molecule has 3 nitrogen and oxygen atoms in total. The van der Waals surface area contributed by atoms with Crippen molar-refractivity contribution < 1.29 is 53.9 Å². The minimum Gasteiger partial charge on any atom is -0.294 e. The van der Waals surface area contributed by atoms with E-state index in [2.05, 4.69) is 0 Å². The number of alkyl halides is 9. The first-order valence-electron chi connectivity index (χ1n) is 11.1. The molecule has 0 saturated heterocycles. The van der Waals surface area contributed by atoms with Crippen LogP contribution in [0.15, 0.2) is 72.8 Å². The van der Waals surface area contributed by atoms with Crippen molar-refractivity contribution in [1.29, 1.82) is 0 Å². The highest BCUT2D eigenvalue weighted by atomic mass is 19.4. The number of hydrogen-bond donors (Lipinski definition) is 0. The molecule has 1 fully saturated rings. The van der Waals surface area contributed by atoms with E-state index in [1.54, 1.807) is 0 Å². The van der Waals surface area contributed by atoms with Crippen molar-refractivity contribution in [3.63, 3.8) is 0 Å². The Morgan fingerprint density at radius 3 is 0.872 bits per heavy atom. The van der Waals surface area contributed by atoms with Gasteiger partial charge in [-0.25, -0.2) is 0 Å². The molecule has 0 radical (unpaired) electrons. The van der Waals surface area contributed by atoms with Crippen molar-refractivity contribution in [3.8, 4) is 0 Å². The maximum atomic E-state index is 13.2. The van der Waals surface area contributed by atoms with Gasteiger partial charge in [0.05, 0.1) is 16.7 Å². The van der Waals surface area contributed by atoms with Crippen LogP contribution in [0.25, 0.3) is 0 Å². The van der Waals surface area contributed by atoms with Gasteiger partial charge in [-0.05, 0) is 36.4 Å². The highest BCUT2D eigenvalue weighted by molar-refractivity contribution is 6.16. The smallest absolute Gasteiger partial charge is 0.294 e. The van der Waals surface area contributed by atoms with Gasteiger partial charge in [0.1, 0.15) is 0 Å². The van der Waals surface area contributed by atoms with E-state index in [-0.39, 0.29) is 0 Å². The van der Waals surface area contributed by atoms with Crippen LogP contribution in [0.3, 0.4) is 0 Å². The molecular weight excluding hydrogens is 543 g/mol. The Kier molecular flexibility index (Phi) is 6.95. The minimum atomic E-state index is -4.83. The van der Waals surface area contributed by atoms with Crippen LogP contribution < -0.4 is 0 Å². The summed E-state index contributed by atoms with van der Waals surface area (Å²) in [7, 11) is 0. The molecule has 0 spiro atoms. The Morgan fingerprint density at radius 1 is 0.436 bits per heavy atom. The Balaban J connectivity index is 1.74. The van der Waals surface area contributed by atoms with Gasteiger partial charge in [0, 0.05) is 34.4 Å². The SMILES string of the molecule is O=C(c1cccc(C(F)(F)F)c1)C1C(C(=O)c2cccc(C(F)(F)F)c2)C1C(=O)c1cccc(C(F)(F)F)c1. The highest BCUT2D eigenvalue weighted by Gasteiger charge is 2.62. The van der Waals surface area contributed by atoms with E-state index in [0.717, 1.165) is 36.4 Å². The lowest BCUT2D eigenvalue weighted by Gasteiger charge is -2.09. The second-order valence-electron chi connectivity index (χ2n) is 8.91. The van der Waals surface area contributed by atoms with Gasteiger partial charge in [0.2, 0.25) is 0 Å². The maximum absolute atomic E-state index is 13.2. The number of ketones is 3. The predicted octanol–water partition coefficient (Wildman–Crippen LogP) is 7.55. The molecule has 0 aromatic heterocycles. The zero-order valence-electron chi connectivity index (χ0n) is 19.3. The average molecular weight is 558 g/mol. The Morgan fingerprint density at radius 2 is 0.667 bits per heavy atom. The van der Waals surface area contributed by atoms with Gasteiger partial charge in [-0.1, -0.05) is 36.4 Å². The van der Waals surface area contributed by atoms with Crippen LogP contribution >= 0.6 is 0 Å². The first kappa shape index (κ1) is 28.1. The molecule has 0 aliphatic heterocycles. The number of halogens is 9. The van der Waals surface area contributed by atoms with Crippen LogP contribution in [0, 0.1) is 17.8 Å². The number of Topliss-reactive ketones (excluding diaryl/α,β-unsaturated/α-hetero) is 3. The summed E-state index contributed by atoms with van der Waals surface area (Å²) in [5, 5.41) is 0. The topological polar surface area (TPSA) is 51.2 Å². The van der Waals surface area contributed by atoms with E-state index in [1.807, 2.05) is 0 Å². The fourth-order valence-electron chi connectivity index (χ4n) is 4.41. The summed E-state index contributed by atoms with van der Waals surface area (Å²) in [6, 6.07) is 9.33. The third-order valence-electron chi connectivity index (χ3n) is 6.35. The van der Waals surface area contributed by atoms with Gasteiger partial charge in [0.25, 0.3) is 0 Å². The fraction of sp³-hybridized carbons (Fsp3) is 0.222. The van der Waals surface area contributed by atoms with Gasteiger partial charge in [-0.15, -0.1) is 0 Å². The molecule has 0 bridgehead atoms. The summed E-state index contributed by atoms with van der Waals surface area (Å²) in [5.41, 5.74) is -5.15. The molecule has 12 heteroatoms. The number of carbonyl (C=O) groups excluding carboxylic acids is 3. The summed E-state index contributed by atoms with van der Waals surface area (Å²) < 4.78 is 118. The quantitative estimate of drug-likeness (QED) is 0.232. The summed E-state index contributed by atoms with van der Waals surface area (Å²) in [6.07, 6.45) is -14.5. The van der Waals surface area contributed by atoms with Gasteiger partial charge < -0.3 is 0 Å². The van der Waals surface area contributed by atoms with E-state index in [4.69, 9.17) is 0 Å². The predicted molar refractivity (Wildman–Crippen MR) is 118 cm³/mol. The van der Waals surface area contributed by atoms with Crippen molar-refractivity contribution in [2.75, 3.05) is 0 Å². The second-order valence-corrected chi connectivity index (χ2v) is 8.91. The number of rotatable bonds is 6. The molecule has 0 N–H and O–H groups in total. The Hall–Kier alpha value is -3.96. The lowest BCUT2D eigenvalue weighted by molar-refractivity contribution is -0.138. The van der Waals surface area contributed by atoms with Crippen molar-refractivity contribution in [3.05, 3.63) is 106 Å². The van der Waals surface area contributed by atoms with E-state index < -0.39 is 87.0 Å². The average Bonchev–Trinajstić information content (AvgIpc) is 3.61. The van der Waals surface area contributed by atoms with E-state index >= 15 is 0 Å². The van der Waals surface area contributed by atoms with Crippen LogP contribution in [-0.4, -0.2) is 17.3 Å². The van der Waals surface area contributed by atoms with Gasteiger partial charge >= 0.3 is 18.5 Å². The first-order chi connectivity index (χ1) is 18.0. The number of hydrogen-bond acceptors (Lipinski definition) is 3. The van der Waals surface area contributed by atoms with Crippen molar-refractivity contribution in [2.24, 2.45) is 17.8 Å². The van der Waals surface area contributed by atoms with E-state index in [9.17, 15) is 53.9 Å². The van der Waals surface area contributed by atoms with Crippen molar-refractivity contribution in [2.45, 2.75) is 18.5 Å². The molecule has 0 atom stereocenters. The molecule has 3 aromatic rings. The molecule has 0 amide bonds. The molecule has 1 aliphatic carbocycles. The van der Waals surface area contributed by atoms with Crippen molar-refractivity contribution in [1.82, 2.24) is 0 Å². The molecule has 1 aliphatic rings. The molecule has 204 valence electrons. The maximum Gasteiger partial charge on any atom is 0.416 e. The number of benzene rings is 3. The third-order valence-corrected chi connectivity index (χ3v) is 6.35. The van der Waals surface area contributed by atoms with Gasteiger partial charge in [-0.3, -0.25) is 14.4 Å². The van der Waals surface area contributed by atoms with Crippen LogP contribution in [0.2, 0.25) is 0 Å². The second kappa shape index (κ2) is 9.65. The van der Waals surface area contributed by atoms with Crippen LogP contribution in [0.4, 0.5) is 39.5 Å². The lowest BCUT2D eigenvalue weighted by atomic mass is 9.99.